The second-order valence-electron chi connectivity index (χ2n) is 5.63. The van der Waals surface area contributed by atoms with Crippen LogP contribution in [0, 0.1) is 11.1 Å². The van der Waals surface area contributed by atoms with E-state index in [1.807, 2.05) is 0 Å². The van der Waals surface area contributed by atoms with Crippen LogP contribution in [0.15, 0.2) is 0 Å². The van der Waals surface area contributed by atoms with Crippen LogP contribution in [0.5, 0.6) is 0 Å². The highest BCUT2D eigenvalue weighted by molar-refractivity contribution is 9.09. The highest BCUT2D eigenvalue weighted by atomic mass is 79.9. The van der Waals surface area contributed by atoms with E-state index in [2.05, 4.69) is 15.9 Å². The van der Waals surface area contributed by atoms with Gasteiger partial charge < -0.3 is 10.1 Å². The highest BCUT2D eigenvalue weighted by Gasteiger charge is 2.36. The molecule has 1 aliphatic heterocycles. The largest absolute Gasteiger partial charge is 0.600 e. The van der Waals surface area contributed by atoms with Crippen LogP contribution in [0.25, 0.3) is 0 Å². The molecule has 0 bridgehead atoms. The van der Waals surface area contributed by atoms with E-state index in [0.29, 0.717) is 10.7 Å². The Labute approximate surface area is 112 Å². The van der Waals surface area contributed by atoms with Gasteiger partial charge in [0.2, 0.25) is 0 Å². The summed E-state index contributed by atoms with van der Waals surface area (Å²) in [5, 5.41) is 20.1. The van der Waals surface area contributed by atoms with Gasteiger partial charge in [0.25, 0.3) is 0 Å². The molecular formula is C12H24BrN2O2+. The number of rotatable bonds is 3. The maximum Gasteiger partial charge on any atom is 0.126 e. The zero-order valence-electron chi connectivity index (χ0n) is 10.3. The van der Waals surface area contributed by atoms with Crippen molar-refractivity contribution in [1.82, 2.24) is 0 Å². The molecule has 0 amide bonds. The van der Waals surface area contributed by atoms with Crippen molar-refractivity contribution >= 4 is 15.9 Å². The lowest BCUT2D eigenvalue weighted by atomic mass is 9.84. The summed E-state index contributed by atoms with van der Waals surface area (Å²) in [5.74, 6) is 0.398. The number of hydrogen-bond acceptors (Lipinski definition) is 2. The van der Waals surface area contributed by atoms with Crippen molar-refractivity contribution in [3.63, 3.8) is 0 Å². The molecule has 100 valence electrons. The number of alkyl halides is 1. The standard InChI is InChI=1S/C12H23BrN2O2/c13-11-5-4-10(12(8-11)15(16)17)9-14-6-2-1-3-7-14/h10-12,15-16H,1-9H2/p+1. The predicted molar refractivity (Wildman–Crippen MR) is 69.4 cm³/mol. The fourth-order valence-corrected chi connectivity index (χ4v) is 4.02. The molecule has 3 N–H and O–H groups in total. The predicted octanol–water partition coefficient (Wildman–Crippen LogP) is -0.241. The number of halogens is 1. The molecule has 1 saturated carbocycles. The molecule has 4 atom stereocenters. The van der Waals surface area contributed by atoms with Crippen LogP contribution in [0.2, 0.25) is 0 Å². The Balaban J connectivity index is 1.88. The van der Waals surface area contributed by atoms with Crippen molar-refractivity contribution in [1.29, 1.82) is 0 Å². The first-order valence-electron chi connectivity index (χ1n) is 6.87. The number of nitrogens with one attached hydrogen (secondary N) is 2. The van der Waals surface area contributed by atoms with Crippen LogP contribution in [-0.2, 0) is 0 Å². The van der Waals surface area contributed by atoms with Crippen molar-refractivity contribution < 1.29 is 15.3 Å². The van der Waals surface area contributed by atoms with E-state index in [4.69, 9.17) is 0 Å². The molecule has 2 rings (SSSR count). The Hall–Kier alpha value is 0.320. The molecule has 1 aliphatic carbocycles. The van der Waals surface area contributed by atoms with E-state index in [1.165, 1.54) is 32.4 Å². The highest BCUT2D eigenvalue weighted by Crippen LogP contribution is 2.27. The molecule has 1 saturated heterocycles. The van der Waals surface area contributed by atoms with Gasteiger partial charge in [-0.3, -0.25) is 0 Å². The molecule has 0 spiro atoms. The number of hydrogen-bond donors (Lipinski definition) is 3. The van der Waals surface area contributed by atoms with E-state index >= 15 is 0 Å². The fourth-order valence-electron chi connectivity index (χ4n) is 3.36. The Bertz CT molecular complexity index is 235. The van der Waals surface area contributed by atoms with Gasteiger partial charge in [0.05, 0.1) is 25.6 Å². The van der Waals surface area contributed by atoms with Gasteiger partial charge in [0.15, 0.2) is 0 Å². The summed E-state index contributed by atoms with van der Waals surface area (Å²) >= 11 is 3.58. The lowest BCUT2D eigenvalue weighted by molar-refractivity contribution is -1.07. The van der Waals surface area contributed by atoms with E-state index in [1.54, 1.807) is 4.90 Å². The molecule has 4 unspecified atom stereocenters. The van der Waals surface area contributed by atoms with Gasteiger partial charge in [0, 0.05) is 11.2 Å². The van der Waals surface area contributed by atoms with Gasteiger partial charge in [-0.15, -0.1) is 0 Å². The molecular weight excluding hydrogens is 284 g/mol. The fraction of sp³-hybridized carbons (Fsp3) is 1.00. The topological polar surface area (TPSA) is 52.2 Å². The van der Waals surface area contributed by atoms with E-state index in [0.717, 1.165) is 25.8 Å². The Morgan fingerprint density at radius 1 is 1.24 bits per heavy atom. The average Bonchev–Trinajstić information content (AvgIpc) is 2.32. The van der Waals surface area contributed by atoms with Crippen molar-refractivity contribution in [3.8, 4) is 0 Å². The number of hydroxylamine groups is 2. The SMILES string of the molecule is [O-][NH+](O)C1CC(Br)CCC1C[NH+]1CCCCC1. The molecule has 0 radical (unpaired) electrons. The van der Waals surface area contributed by atoms with Crippen LogP contribution >= 0.6 is 15.9 Å². The summed E-state index contributed by atoms with van der Waals surface area (Å²) in [5.41, 5.74) is 0. The minimum absolute atomic E-state index is 0.123. The van der Waals surface area contributed by atoms with E-state index in [9.17, 15) is 10.4 Å². The summed E-state index contributed by atoms with van der Waals surface area (Å²) in [4.78, 5) is 2.05. The Morgan fingerprint density at radius 2 is 1.94 bits per heavy atom. The molecule has 5 heteroatoms. The van der Waals surface area contributed by atoms with Crippen LogP contribution in [0.4, 0.5) is 0 Å². The molecule has 0 aromatic heterocycles. The van der Waals surface area contributed by atoms with Crippen LogP contribution < -0.4 is 10.1 Å². The second-order valence-corrected chi connectivity index (χ2v) is 6.92. The van der Waals surface area contributed by atoms with Gasteiger partial charge in [-0.05, 0) is 32.1 Å². The zero-order chi connectivity index (χ0) is 12.3. The monoisotopic (exact) mass is 307 g/mol. The molecule has 0 aromatic carbocycles. The molecule has 17 heavy (non-hydrogen) atoms. The lowest BCUT2D eigenvalue weighted by Gasteiger charge is -2.38. The molecule has 2 aliphatic rings. The van der Waals surface area contributed by atoms with Gasteiger partial charge in [0.1, 0.15) is 6.04 Å². The third kappa shape index (κ3) is 3.89. The third-order valence-corrected chi connectivity index (χ3v) is 5.19. The average molecular weight is 308 g/mol. The smallest absolute Gasteiger partial charge is 0.126 e. The molecule has 2 fully saturated rings. The molecule has 1 heterocycles. The summed E-state index contributed by atoms with van der Waals surface area (Å²) in [6.07, 6.45) is 7.03. The zero-order valence-corrected chi connectivity index (χ0v) is 11.9. The maximum absolute atomic E-state index is 11.3. The lowest BCUT2D eigenvalue weighted by Crippen LogP contribution is -3.16. The van der Waals surface area contributed by atoms with Crippen molar-refractivity contribution in [3.05, 3.63) is 5.21 Å². The van der Waals surface area contributed by atoms with Gasteiger partial charge in [-0.2, -0.15) is 0 Å². The van der Waals surface area contributed by atoms with Crippen molar-refractivity contribution in [2.75, 3.05) is 19.6 Å². The summed E-state index contributed by atoms with van der Waals surface area (Å²) < 4.78 is 0. The van der Waals surface area contributed by atoms with E-state index < -0.39 is 5.23 Å². The van der Waals surface area contributed by atoms with Gasteiger partial charge in [-0.1, -0.05) is 15.9 Å². The Kier molecular flexibility index (Phi) is 5.24. The first kappa shape index (κ1) is 13.7. The normalized spacial score (nSPS) is 37.9. The van der Waals surface area contributed by atoms with Crippen LogP contribution in [0.1, 0.15) is 38.5 Å². The first-order valence-corrected chi connectivity index (χ1v) is 7.79. The maximum atomic E-state index is 11.3. The van der Waals surface area contributed by atoms with E-state index in [-0.39, 0.29) is 6.04 Å². The third-order valence-electron chi connectivity index (χ3n) is 4.36. The quantitative estimate of drug-likeness (QED) is 0.498. The summed E-state index contributed by atoms with van der Waals surface area (Å²) in [6, 6.07) is -0.123. The van der Waals surface area contributed by atoms with Crippen molar-refractivity contribution in [2.24, 2.45) is 5.92 Å². The summed E-state index contributed by atoms with van der Waals surface area (Å²) in [7, 11) is 0. The molecule has 4 nitrogen and oxygen atoms in total. The summed E-state index contributed by atoms with van der Waals surface area (Å²) in [6.45, 7) is 3.58. The van der Waals surface area contributed by atoms with Crippen LogP contribution in [-0.4, -0.2) is 35.7 Å². The van der Waals surface area contributed by atoms with Gasteiger partial charge >= 0.3 is 0 Å². The first-order chi connectivity index (χ1) is 8.16. The van der Waals surface area contributed by atoms with Crippen molar-refractivity contribution in [2.45, 2.75) is 49.4 Å². The minimum atomic E-state index is -0.587. The number of quaternary nitrogens is 2. The Morgan fingerprint density at radius 3 is 2.59 bits per heavy atom. The van der Waals surface area contributed by atoms with Gasteiger partial charge in [-0.25, -0.2) is 10.4 Å². The van der Waals surface area contributed by atoms with Crippen LogP contribution in [0.3, 0.4) is 0 Å². The second kappa shape index (κ2) is 6.48. The number of likely N-dealkylation sites (tertiary alicyclic amines) is 1. The minimum Gasteiger partial charge on any atom is -0.600 e. The number of piperidine rings is 1. The molecule has 0 aromatic rings.